The van der Waals surface area contributed by atoms with Crippen LogP contribution in [-0.2, 0) is 32.6 Å². The third-order valence-corrected chi connectivity index (χ3v) is 9.45. The highest BCUT2D eigenvalue weighted by atomic mass is 35.5. The molecule has 4 aromatic rings. The standard InChI is InChI=1S/C35H37Cl2N3O5S/c1-3-21-38-35(42)33(23-26-9-6-5-7-10-26)39(24-27-11-8-12-29(37)22-27)34(41)25-40(30-15-17-31(18-16-30)45-4-2)46(43,44)32-19-13-28(36)14-20-32/h5-20,22,33H,3-4,21,23-25H2,1-2H3,(H,38,42). The minimum Gasteiger partial charge on any atom is -0.494 e. The molecule has 0 fully saturated rings. The molecule has 8 nitrogen and oxygen atoms in total. The predicted molar refractivity (Wildman–Crippen MR) is 183 cm³/mol. The lowest BCUT2D eigenvalue weighted by molar-refractivity contribution is -0.140. The van der Waals surface area contributed by atoms with Crippen molar-refractivity contribution >= 4 is 50.7 Å². The first-order chi connectivity index (χ1) is 22.1. The number of ether oxygens (including phenoxy) is 1. The van der Waals surface area contributed by atoms with Crippen molar-refractivity contribution in [3.63, 3.8) is 0 Å². The number of anilines is 1. The summed E-state index contributed by atoms with van der Waals surface area (Å²) >= 11 is 12.4. The summed E-state index contributed by atoms with van der Waals surface area (Å²) in [7, 11) is -4.26. The Morgan fingerprint density at radius 2 is 1.50 bits per heavy atom. The number of benzene rings is 4. The van der Waals surface area contributed by atoms with Crippen LogP contribution in [-0.4, -0.2) is 50.9 Å². The Morgan fingerprint density at radius 3 is 2.13 bits per heavy atom. The molecule has 0 saturated carbocycles. The molecule has 2 amide bonds. The van der Waals surface area contributed by atoms with Crippen molar-refractivity contribution in [1.82, 2.24) is 10.2 Å². The highest BCUT2D eigenvalue weighted by molar-refractivity contribution is 7.92. The fraction of sp³-hybridized carbons (Fsp3) is 0.257. The molecule has 0 aliphatic carbocycles. The van der Waals surface area contributed by atoms with Crippen molar-refractivity contribution in [3.8, 4) is 5.75 Å². The fourth-order valence-electron chi connectivity index (χ4n) is 4.89. The molecule has 0 aromatic heterocycles. The van der Waals surface area contributed by atoms with Gasteiger partial charge in [0.25, 0.3) is 10.0 Å². The molecule has 0 spiro atoms. The Kier molecular flexibility index (Phi) is 12.5. The van der Waals surface area contributed by atoms with E-state index in [2.05, 4.69) is 5.32 Å². The van der Waals surface area contributed by atoms with Crippen LogP contribution in [0.25, 0.3) is 0 Å². The van der Waals surface area contributed by atoms with Gasteiger partial charge in [-0.2, -0.15) is 0 Å². The molecular weight excluding hydrogens is 645 g/mol. The van der Waals surface area contributed by atoms with Crippen LogP contribution < -0.4 is 14.4 Å². The average molecular weight is 683 g/mol. The Bertz CT molecular complexity index is 1700. The lowest BCUT2D eigenvalue weighted by Crippen LogP contribution is -2.53. The van der Waals surface area contributed by atoms with Crippen molar-refractivity contribution in [2.24, 2.45) is 0 Å². The zero-order valence-electron chi connectivity index (χ0n) is 25.7. The van der Waals surface area contributed by atoms with Crippen LogP contribution in [0.4, 0.5) is 5.69 Å². The normalized spacial score (nSPS) is 11.8. The smallest absolute Gasteiger partial charge is 0.264 e. The van der Waals surface area contributed by atoms with Gasteiger partial charge in [-0.15, -0.1) is 0 Å². The lowest BCUT2D eigenvalue weighted by atomic mass is 10.0. The quantitative estimate of drug-likeness (QED) is 0.150. The maximum Gasteiger partial charge on any atom is 0.264 e. The maximum atomic E-state index is 14.5. The SMILES string of the molecule is CCCNC(=O)C(Cc1ccccc1)N(Cc1cccc(Cl)c1)C(=O)CN(c1ccc(OCC)cc1)S(=O)(=O)c1ccc(Cl)cc1. The van der Waals surface area contributed by atoms with E-state index in [1.165, 1.54) is 29.2 Å². The van der Waals surface area contributed by atoms with Crippen molar-refractivity contribution in [1.29, 1.82) is 0 Å². The number of nitrogens with one attached hydrogen (secondary N) is 1. The summed E-state index contributed by atoms with van der Waals surface area (Å²) in [5.74, 6) is -0.354. The molecule has 0 aliphatic rings. The van der Waals surface area contributed by atoms with Crippen molar-refractivity contribution in [3.05, 3.63) is 124 Å². The highest BCUT2D eigenvalue weighted by Gasteiger charge is 2.34. The molecule has 0 aliphatic heterocycles. The van der Waals surface area contributed by atoms with E-state index >= 15 is 0 Å². The second kappa shape index (κ2) is 16.5. The van der Waals surface area contributed by atoms with E-state index in [-0.39, 0.29) is 29.5 Å². The highest BCUT2D eigenvalue weighted by Crippen LogP contribution is 2.28. The molecule has 0 heterocycles. The number of halogens is 2. The Balaban J connectivity index is 1.79. The molecule has 0 bridgehead atoms. The van der Waals surface area contributed by atoms with Gasteiger partial charge in [-0.05, 0) is 85.1 Å². The van der Waals surface area contributed by atoms with E-state index in [9.17, 15) is 18.0 Å². The summed E-state index contributed by atoms with van der Waals surface area (Å²) in [5, 5.41) is 3.78. The van der Waals surface area contributed by atoms with E-state index in [4.69, 9.17) is 27.9 Å². The van der Waals surface area contributed by atoms with Crippen LogP contribution >= 0.6 is 23.2 Å². The molecule has 0 radical (unpaired) electrons. The number of nitrogens with zero attached hydrogens (tertiary/aromatic N) is 2. The van der Waals surface area contributed by atoms with Crippen molar-refractivity contribution in [2.75, 3.05) is 24.0 Å². The molecular formula is C35H37Cl2N3O5S. The van der Waals surface area contributed by atoms with Crippen molar-refractivity contribution in [2.45, 2.75) is 44.2 Å². The van der Waals surface area contributed by atoms with Crippen molar-refractivity contribution < 1.29 is 22.7 Å². The van der Waals surface area contributed by atoms with E-state index in [0.29, 0.717) is 40.9 Å². The Hall–Kier alpha value is -4.05. The van der Waals surface area contributed by atoms with Gasteiger partial charge in [-0.1, -0.05) is 72.6 Å². The minimum atomic E-state index is -4.26. The number of hydrogen-bond acceptors (Lipinski definition) is 5. The third-order valence-electron chi connectivity index (χ3n) is 7.18. The summed E-state index contributed by atoms with van der Waals surface area (Å²) in [6.45, 7) is 4.09. The molecule has 242 valence electrons. The minimum absolute atomic E-state index is 0.0224. The van der Waals surface area contributed by atoms with Gasteiger partial charge in [0.05, 0.1) is 17.2 Å². The van der Waals surface area contributed by atoms with Crippen LogP contribution in [0.3, 0.4) is 0 Å². The number of carbonyl (C=O) groups is 2. The molecule has 1 atom stereocenters. The van der Waals surface area contributed by atoms with Gasteiger partial charge in [0, 0.05) is 29.6 Å². The molecule has 0 saturated heterocycles. The summed E-state index contributed by atoms with van der Waals surface area (Å²) in [6.07, 6.45) is 0.923. The first-order valence-corrected chi connectivity index (χ1v) is 17.2. The summed E-state index contributed by atoms with van der Waals surface area (Å²) in [4.78, 5) is 29.6. The zero-order chi connectivity index (χ0) is 33.1. The van der Waals surface area contributed by atoms with E-state index < -0.39 is 28.5 Å². The van der Waals surface area contributed by atoms with Crippen LogP contribution in [0.15, 0.2) is 108 Å². The van der Waals surface area contributed by atoms with Gasteiger partial charge in [0.2, 0.25) is 11.8 Å². The summed E-state index contributed by atoms with van der Waals surface area (Å²) in [6, 6.07) is 27.7. The number of carbonyl (C=O) groups excluding carboxylic acids is 2. The molecule has 46 heavy (non-hydrogen) atoms. The number of sulfonamides is 1. The fourth-order valence-corrected chi connectivity index (χ4v) is 6.64. The predicted octanol–water partition coefficient (Wildman–Crippen LogP) is 6.75. The first-order valence-electron chi connectivity index (χ1n) is 15.0. The molecule has 1 unspecified atom stereocenters. The Labute approximate surface area is 280 Å². The number of hydrogen-bond donors (Lipinski definition) is 1. The van der Waals surface area contributed by atoms with Gasteiger partial charge in [-0.3, -0.25) is 13.9 Å². The molecule has 4 rings (SSSR count). The largest absolute Gasteiger partial charge is 0.494 e. The molecule has 11 heteroatoms. The van der Waals surface area contributed by atoms with Crippen LogP contribution in [0.5, 0.6) is 5.75 Å². The third kappa shape index (κ3) is 9.25. The van der Waals surface area contributed by atoms with Gasteiger partial charge >= 0.3 is 0 Å². The van der Waals surface area contributed by atoms with Gasteiger partial charge in [0.1, 0.15) is 18.3 Å². The first kappa shape index (κ1) is 34.8. The second-order valence-electron chi connectivity index (χ2n) is 10.5. The monoisotopic (exact) mass is 681 g/mol. The van der Waals surface area contributed by atoms with Crippen LogP contribution in [0.2, 0.25) is 10.0 Å². The maximum absolute atomic E-state index is 14.5. The summed E-state index contributed by atoms with van der Waals surface area (Å²) < 4.78 is 34.9. The lowest BCUT2D eigenvalue weighted by Gasteiger charge is -2.34. The van der Waals surface area contributed by atoms with Crippen LogP contribution in [0, 0.1) is 0 Å². The number of amides is 2. The van der Waals surface area contributed by atoms with Gasteiger partial charge in [-0.25, -0.2) is 8.42 Å². The summed E-state index contributed by atoms with van der Waals surface area (Å²) in [5.41, 5.74) is 1.79. The molecule has 4 aromatic carbocycles. The van der Waals surface area contributed by atoms with Crippen LogP contribution in [0.1, 0.15) is 31.4 Å². The van der Waals surface area contributed by atoms with E-state index in [1.54, 1.807) is 42.5 Å². The topological polar surface area (TPSA) is 96.0 Å². The zero-order valence-corrected chi connectivity index (χ0v) is 28.1. The second-order valence-corrected chi connectivity index (χ2v) is 13.3. The Morgan fingerprint density at radius 1 is 0.826 bits per heavy atom. The van der Waals surface area contributed by atoms with E-state index in [1.807, 2.05) is 50.2 Å². The van der Waals surface area contributed by atoms with E-state index in [0.717, 1.165) is 9.87 Å². The average Bonchev–Trinajstić information content (AvgIpc) is 3.05. The van der Waals surface area contributed by atoms with Gasteiger partial charge in [0.15, 0.2) is 0 Å². The molecule has 1 N–H and O–H groups in total. The van der Waals surface area contributed by atoms with Gasteiger partial charge < -0.3 is 15.0 Å². The number of rotatable bonds is 15.